The van der Waals surface area contributed by atoms with Crippen molar-refractivity contribution in [1.82, 2.24) is 0 Å². The predicted octanol–water partition coefficient (Wildman–Crippen LogP) is 3.48. The molecule has 0 fully saturated rings. The molecule has 0 unspecified atom stereocenters. The van der Waals surface area contributed by atoms with E-state index in [-0.39, 0.29) is 12.8 Å². The quantitative estimate of drug-likeness (QED) is 0.262. The van der Waals surface area contributed by atoms with Crippen molar-refractivity contribution in [1.29, 1.82) is 0 Å². The van der Waals surface area contributed by atoms with Gasteiger partial charge in [-0.2, -0.15) is 0 Å². The van der Waals surface area contributed by atoms with E-state index in [2.05, 4.69) is 0 Å². The molecule has 0 bridgehead atoms. The van der Waals surface area contributed by atoms with Crippen LogP contribution in [-0.2, 0) is 0 Å². The van der Waals surface area contributed by atoms with Crippen LogP contribution >= 0.6 is 34.8 Å². The molecule has 0 aromatic rings. The minimum absolute atomic E-state index is 0.0731. The molecule has 100 valence electrons. The minimum Gasteiger partial charge on any atom is -0.263 e. The lowest BCUT2D eigenvalue weighted by Gasteiger charge is -2.28. The summed E-state index contributed by atoms with van der Waals surface area (Å²) in [6, 6.07) is 0. The molecule has 0 spiro atoms. The van der Waals surface area contributed by atoms with Gasteiger partial charge in [0.1, 0.15) is 5.92 Å². The first-order chi connectivity index (χ1) is 8.20. The Hall–Kier alpha value is -0.850. The summed E-state index contributed by atoms with van der Waals surface area (Å²) in [5, 5.41) is 22.0. The third-order valence-electron chi connectivity index (χ3n) is 2.82. The van der Waals surface area contributed by atoms with Gasteiger partial charge in [-0.25, -0.2) is 0 Å². The predicted molar refractivity (Wildman–Crippen MR) is 67.8 cm³/mol. The Morgan fingerprint density at radius 3 is 2.39 bits per heavy atom. The Labute approximate surface area is 117 Å². The lowest BCUT2D eigenvalue weighted by atomic mass is 9.83. The molecule has 0 N–H and O–H groups in total. The molecular weight excluding hydrogens is 306 g/mol. The number of hydrogen-bond donors (Lipinski definition) is 0. The van der Waals surface area contributed by atoms with Gasteiger partial charge in [-0.15, -0.1) is 0 Å². The Bertz CT molecular complexity index is 459. The zero-order valence-corrected chi connectivity index (χ0v) is 11.5. The fourth-order valence-electron chi connectivity index (χ4n) is 1.86. The van der Waals surface area contributed by atoms with Crippen molar-refractivity contribution < 1.29 is 9.85 Å². The monoisotopic (exact) mass is 314 g/mol. The smallest absolute Gasteiger partial charge is 0.263 e. The van der Waals surface area contributed by atoms with Gasteiger partial charge in [0.2, 0.25) is 0 Å². The van der Waals surface area contributed by atoms with E-state index in [1.165, 1.54) is 0 Å². The minimum atomic E-state index is -1.99. The topological polar surface area (TPSA) is 86.3 Å². The standard InChI is InChI=1S/C9H9Cl3N2O4/c1-5-2-3-9(12,14(17)18)6(4-5)7(8(10)11)13(15)16/h2,6H,3-4H2,1H3/t6-,9+/m0/s1. The van der Waals surface area contributed by atoms with E-state index in [1.807, 2.05) is 0 Å². The molecule has 0 aromatic carbocycles. The molecule has 0 saturated carbocycles. The summed E-state index contributed by atoms with van der Waals surface area (Å²) in [4.78, 5) is 18.4. The van der Waals surface area contributed by atoms with Gasteiger partial charge in [0.05, 0.1) is 11.3 Å². The number of nitrogens with zero attached hydrogens (tertiary/aromatic N) is 2. The summed E-state index contributed by atoms with van der Waals surface area (Å²) >= 11 is 16.8. The Kier molecular flexibility index (Phi) is 4.58. The van der Waals surface area contributed by atoms with E-state index in [0.29, 0.717) is 0 Å². The van der Waals surface area contributed by atoms with Crippen LogP contribution in [0.1, 0.15) is 19.8 Å². The molecule has 0 saturated heterocycles. The molecule has 2 atom stereocenters. The molecule has 0 radical (unpaired) electrons. The van der Waals surface area contributed by atoms with Crippen LogP contribution in [0.4, 0.5) is 0 Å². The highest BCUT2D eigenvalue weighted by Gasteiger charge is 2.56. The van der Waals surface area contributed by atoms with Crippen molar-refractivity contribution in [2.75, 3.05) is 0 Å². The number of nitro groups is 2. The second-order valence-electron chi connectivity index (χ2n) is 3.99. The highest BCUT2D eigenvalue weighted by Crippen LogP contribution is 2.44. The van der Waals surface area contributed by atoms with Gasteiger partial charge < -0.3 is 0 Å². The molecular formula is C9H9Cl3N2O4. The lowest BCUT2D eigenvalue weighted by molar-refractivity contribution is -0.559. The Morgan fingerprint density at radius 1 is 1.44 bits per heavy atom. The van der Waals surface area contributed by atoms with E-state index in [1.54, 1.807) is 13.0 Å². The summed E-state index contributed by atoms with van der Waals surface area (Å²) < 4.78 is -0.605. The number of rotatable bonds is 3. The molecule has 6 nitrogen and oxygen atoms in total. The molecule has 1 aliphatic rings. The summed E-state index contributed by atoms with van der Waals surface area (Å²) in [6.07, 6.45) is 1.55. The van der Waals surface area contributed by atoms with Crippen LogP contribution in [-0.4, -0.2) is 14.8 Å². The van der Waals surface area contributed by atoms with Gasteiger partial charge in [-0.1, -0.05) is 34.9 Å². The molecule has 0 aliphatic heterocycles. The molecule has 0 heterocycles. The zero-order chi connectivity index (χ0) is 14.1. The van der Waals surface area contributed by atoms with Crippen molar-refractivity contribution >= 4 is 34.8 Å². The first-order valence-electron chi connectivity index (χ1n) is 4.88. The van der Waals surface area contributed by atoms with E-state index in [0.717, 1.165) is 5.57 Å². The maximum absolute atomic E-state index is 11.1. The Morgan fingerprint density at radius 2 is 2.00 bits per heavy atom. The molecule has 1 aliphatic carbocycles. The first kappa shape index (κ1) is 15.2. The van der Waals surface area contributed by atoms with Gasteiger partial charge >= 0.3 is 5.00 Å². The fourth-order valence-corrected chi connectivity index (χ4v) is 2.52. The lowest BCUT2D eigenvalue weighted by Crippen LogP contribution is -2.44. The normalized spacial score (nSPS) is 27.3. The highest BCUT2D eigenvalue weighted by molar-refractivity contribution is 6.56. The van der Waals surface area contributed by atoms with Crippen LogP contribution in [0.5, 0.6) is 0 Å². The number of halogens is 3. The number of allylic oxidation sites excluding steroid dienone is 1. The van der Waals surface area contributed by atoms with Crippen molar-refractivity contribution in [2.45, 2.75) is 24.8 Å². The summed E-state index contributed by atoms with van der Waals surface area (Å²) in [5.41, 5.74) is 0.157. The molecule has 9 heteroatoms. The highest BCUT2D eigenvalue weighted by atomic mass is 35.5. The van der Waals surface area contributed by atoms with E-state index in [9.17, 15) is 20.2 Å². The maximum atomic E-state index is 11.1. The third kappa shape index (κ3) is 2.76. The molecule has 1 rings (SSSR count). The van der Waals surface area contributed by atoms with Crippen molar-refractivity contribution in [2.24, 2.45) is 5.92 Å². The van der Waals surface area contributed by atoms with Gasteiger partial charge in [0, 0.05) is 4.92 Å². The van der Waals surface area contributed by atoms with Crippen molar-refractivity contribution in [3.8, 4) is 0 Å². The Balaban J connectivity index is 3.34. The first-order valence-corrected chi connectivity index (χ1v) is 6.02. The van der Waals surface area contributed by atoms with Crippen LogP contribution in [0.3, 0.4) is 0 Å². The van der Waals surface area contributed by atoms with Crippen LogP contribution in [0.25, 0.3) is 0 Å². The van der Waals surface area contributed by atoms with E-state index >= 15 is 0 Å². The SMILES string of the molecule is CC1=CC[C@@](Cl)([N+](=O)[O-])[C@H](C(=C(Cl)Cl)[N+](=O)[O-])C1. The largest absolute Gasteiger partial charge is 0.311 e. The van der Waals surface area contributed by atoms with Crippen LogP contribution in [0.15, 0.2) is 21.8 Å². The van der Waals surface area contributed by atoms with Crippen LogP contribution in [0, 0.1) is 26.1 Å². The van der Waals surface area contributed by atoms with E-state index in [4.69, 9.17) is 34.8 Å². The second kappa shape index (κ2) is 5.42. The number of alkyl halides is 1. The summed E-state index contributed by atoms with van der Waals surface area (Å²) in [5.74, 6) is -1.17. The fraction of sp³-hybridized carbons (Fsp3) is 0.556. The van der Waals surface area contributed by atoms with Crippen molar-refractivity contribution in [3.05, 3.63) is 42.1 Å². The average Bonchev–Trinajstić information content (AvgIpc) is 2.22. The van der Waals surface area contributed by atoms with Gasteiger partial charge in [0.25, 0.3) is 5.70 Å². The van der Waals surface area contributed by atoms with Crippen LogP contribution in [0.2, 0.25) is 0 Å². The maximum Gasteiger partial charge on any atom is 0.311 e. The van der Waals surface area contributed by atoms with Crippen molar-refractivity contribution in [3.63, 3.8) is 0 Å². The van der Waals surface area contributed by atoms with Gasteiger partial charge in [-0.05, 0) is 24.9 Å². The van der Waals surface area contributed by atoms with Gasteiger partial charge in [0.15, 0.2) is 4.49 Å². The summed E-state index contributed by atoms with van der Waals surface area (Å²) in [7, 11) is 0. The van der Waals surface area contributed by atoms with Gasteiger partial charge in [-0.3, -0.25) is 20.2 Å². The third-order valence-corrected chi connectivity index (χ3v) is 3.76. The van der Waals surface area contributed by atoms with E-state index < -0.39 is 31.0 Å². The van der Waals surface area contributed by atoms with Crippen LogP contribution < -0.4 is 0 Å². The summed E-state index contributed by atoms with van der Waals surface area (Å²) in [6.45, 7) is 1.71. The second-order valence-corrected chi connectivity index (χ2v) is 5.59. The molecule has 0 aromatic heterocycles. The average molecular weight is 316 g/mol. The number of hydrogen-bond acceptors (Lipinski definition) is 4. The molecule has 0 amide bonds. The zero-order valence-electron chi connectivity index (χ0n) is 9.23. The molecule has 18 heavy (non-hydrogen) atoms.